The number of aromatic nitrogens is 3. The van der Waals surface area contributed by atoms with Gasteiger partial charge in [-0.15, -0.1) is 0 Å². The lowest BCUT2D eigenvalue weighted by molar-refractivity contribution is 0.453. The van der Waals surface area contributed by atoms with E-state index in [4.69, 9.17) is 4.42 Å². The highest BCUT2D eigenvalue weighted by atomic mass is 32.2. The highest BCUT2D eigenvalue weighted by molar-refractivity contribution is 7.99. The molecule has 0 aromatic carbocycles. The molecule has 2 heterocycles. The second-order valence-corrected chi connectivity index (χ2v) is 6.31. The van der Waals surface area contributed by atoms with E-state index in [0.29, 0.717) is 11.1 Å². The minimum Gasteiger partial charge on any atom is -0.439 e. The summed E-state index contributed by atoms with van der Waals surface area (Å²) in [5, 5.41) is 9.71. The molecule has 2 rings (SSSR count). The third kappa shape index (κ3) is 3.64. The fraction of sp³-hybridized carbons (Fsp3) is 0.571. The van der Waals surface area contributed by atoms with E-state index >= 15 is 0 Å². The summed E-state index contributed by atoms with van der Waals surface area (Å²) in [4.78, 5) is 4.34. The van der Waals surface area contributed by atoms with Crippen molar-refractivity contribution in [3.05, 3.63) is 23.2 Å². The van der Waals surface area contributed by atoms with Crippen LogP contribution >= 0.6 is 11.8 Å². The number of aryl methyl sites for hydroxylation is 3. The van der Waals surface area contributed by atoms with Gasteiger partial charge < -0.3 is 9.73 Å². The Kier molecular flexibility index (Phi) is 4.88. The molecule has 2 aromatic heterocycles. The van der Waals surface area contributed by atoms with E-state index in [1.807, 2.05) is 25.6 Å². The van der Waals surface area contributed by atoms with Crippen LogP contribution in [0.4, 0.5) is 0 Å². The zero-order valence-corrected chi connectivity index (χ0v) is 13.5. The van der Waals surface area contributed by atoms with Crippen LogP contribution in [0.15, 0.2) is 20.9 Å². The lowest BCUT2D eigenvalue weighted by Gasteiger charge is -2.08. The Morgan fingerprint density at radius 3 is 2.75 bits per heavy atom. The Morgan fingerprint density at radius 2 is 2.15 bits per heavy atom. The quantitative estimate of drug-likeness (QED) is 0.887. The minimum atomic E-state index is 0.637. The number of oxazole rings is 1. The van der Waals surface area contributed by atoms with Crippen LogP contribution in [0.1, 0.15) is 30.8 Å². The van der Waals surface area contributed by atoms with Gasteiger partial charge in [-0.3, -0.25) is 4.68 Å². The smallest absolute Gasteiger partial charge is 0.262 e. The Balaban J connectivity index is 2.14. The number of nitrogens with zero attached hydrogens (tertiary/aromatic N) is 3. The van der Waals surface area contributed by atoms with Crippen LogP contribution in [0.3, 0.4) is 0 Å². The highest BCUT2D eigenvalue weighted by Gasteiger charge is 2.16. The first-order valence-electron chi connectivity index (χ1n) is 6.80. The molecule has 0 spiro atoms. The maximum Gasteiger partial charge on any atom is 0.262 e. The van der Waals surface area contributed by atoms with Crippen molar-refractivity contribution in [3.8, 4) is 0 Å². The van der Waals surface area contributed by atoms with Crippen LogP contribution in [0.5, 0.6) is 0 Å². The number of hydrogen-bond donors (Lipinski definition) is 1. The topological polar surface area (TPSA) is 55.9 Å². The summed E-state index contributed by atoms with van der Waals surface area (Å²) in [6.07, 6.45) is 1.67. The van der Waals surface area contributed by atoms with Gasteiger partial charge >= 0.3 is 0 Å². The summed E-state index contributed by atoms with van der Waals surface area (Å²) >= 11 is 1.52. The van der Waals surface area contributed by atoms with Crippen molar-refractivity contribution < 1.29 is 4.42 Å². The molecule has 1 N–H and O–H groups in total. The molecule has 0 aliphatic carbocycles. The highest BCUT2D eigenvalue weighted by Crippen LogP contribution is 2.31. The number of hydrogen-bond acceptors (Lipinski definition) is 5. The van der Waals surface area contributed by atoms with Crippen molar-refractivity contribution >= 4 is 11.8 Å². The third-order valence-corrected chi connectivity index (χ3v) is 3.99. The summed E-state index contributed by atoms with van der Waals surface area (Å²) in [6.45, 7) is 10.2. The molecule has 0 aliphatic rings. The van der Waals surface area contributed by atoms with Crippen LogP contribution in [-0.2, 0) is 13.6 Å². The van der Waals surface area contributed by atoms with E-state index in [9.17, 15) is 0 Å². The van der Waals surface area contributed by atoms with Crippen LogP contribution in [-0.4, -0.2) is 21.3 Å². The lowest BCUT2D eigenvalue weighted by Crippen LogP contribution is -2.19. The molecule has 0 saturated carbocycles. The minimum absolute atomic E-state index is 0.637. The van der Waals surface area contributed by atoms with Gasteiger partial charge in [0.2, 0.25) is 0 Å². The molecule has 0 bridgehead atoms. The van der Waals surface area contributed by atoms with Crippen LogP contribution in [0, 0.1) is 19.8 Å². The molecule has 0 radical (unpaired) electrons. The van der Waals surface area contributed by atoms with Gasteiger partial charge in [0, 0.05) is 19.2 Å². The third-order valence-electron chi connectivity index (χ3n) is 2.93. The van der Waals surface area contributed by atoms with Gasteiger partial charge in [0.25, 0.3) is 5.22 Å². The molecule has 0 atom stereocenters. The Labute approximate surface area is 124 Å². The van der Waals surface area contributed by atoms with Gasteiger partial charge in [0.05, 0.1) is 11.4 Å². The molecule has 0 amide bonds. The zero-order valence-electron chi connectivity index (χ0n) is 12.7. The van der Waals surface area contributed by atoms with E-state index in [2.05, 4.69) is 29.2 Å². The summed E-state index contributed by atoms with van der Waals surface area (Å²) < 4.78 is 7.32. The molecule has 110 valence electrons. The Hall–Kier alpha value is -1.27. The molecule has 0 unspecified atom stereocenters. The van der Waals surface area contributed by atoms with E-state index < -0.39 is 0 Å². The van der Waals surface area contributed by atoms with Gasteiger partial charge in [0.15, 0.2) is 0 Å². The fourth-order valence-corrected chi connectivity index (χ4v) is 2.93. The van der Waals surface area contributed by atoms with Crippen LogP contribution in [0.25, 0.3) is 0 Å². The monoisotopic (exact) mass is 294 g/mol. The number of rotatable bonds is 6. The summed E-state index contributed by atoms with van der Waals surface area (Å²) in [7, 11) is 1.96. The van der Waals surface area contributed by atoms with Crippen molar-refractivity contribution in [1.29, 1.82) is 0 Å². The van der Waals surface area contributed by atoms with E-state index in [-0.39, 0.29) is 0 Å². The standard InChI is InChI=1S/C14H22N4OS/c1-9(2)6-15-7-12-11(4)17-18(5)13(12)20-14-16-10(3)8-19-14/h8-9,15H,6-7H2,1-5H3. The van der Waals surface area contributed by atoms with Crippen LogP contribution in [0.2, 0.25) is 0 Å². The first kappa shape index (κ1) is 15.1. The van der Waals surface area contributed by atoms with Gasteiger partial charge in [-0.25, -0.2) is 4.98 Å². The van der Waals surface area contributed by atoms with Crippen molar-refractivity contribution in [3.63, 3.8) is 0 Å². The molecular formula is C14H22N4OS. The first-order chi connectivity index (χ1) is 9.47. The molecule has 5 nitrogen and oxygen atoms in total. The second-order valence-electron chi connectivity index (χ2n) is 5.37. The molecule has 20 heavy (non-hydrogen) atoms. The molecule has 0 aliphatic heterocycles. The van der Waals surface area contributed by atoms with Gasteiger partial charge in [-0.1, -0.05) is 13.8 Å². The summed E-state index contributed by atoms with van der Waals surface area (Å²) in [5.74, 6) is 0.637. The SMILES string of the molecule is Cc1coc(Sc2c(CNCC(C)C)c(C)nn2C)n1. The largest absolute Gasteiger partial charge is 0.439 e. The first-order valence-corrected chi connectivity index (χ1v) is 7.62. The maximum absolute atomic E-state index is 5.42. The Bertz CT molecular complexity index is 574. The molecule has 2 aromatic rings. The van der Waals surface area contributed by atoms with Crippen LogP contribution < -0.4 is 5.32 Å². The predicted molar refractivity (Wildman–Crippen MR) is 79.9 cm³/mol. The fourth-order valence-electron chi connectivity index (χ4n) is 1.96. The Morgan fingerprint density at radius 1 is 1.40 bits per heavy atom. The van der Waals surface area contributed by atoms with Crippen molar-refractivity contribution in [2.75, 3.05) is 6.54 Å². The molecule has 0 fully saturated rings. The molecule has 0 saturated heterocycles. The average molecular weight is 294 g/mol. The summed E-state index contributed by atoms with van der Waals surface area (Å²) in [5.41, 5.74) is 3.16. The van der Waals surface area contributed by atoms with E-state index in [0.717, 1.165) is 29.5 Å². The predicted octanol–water partition coefficient (Wildman–Crippen LogP) is 2.92. The maximum atomic E-state index is 5.42. The van der Waals surface area contributed by atoms with Crippen molar-refractivity contribution in [2.45, 2.75) is 44.5 Å². The van der Waals surface area contributed by atoms with E-state index in [1.54, 1.807) is 6.26 Å². The second kappa shape index (κ2) is 6.45. The van der Waals surface area contributed by atoms with E-state index in [1.165, 1.54) is 17.3 Å². The molecular weight excluding hydrogens is 272 g/mol. The van der Waals surface area contributed by atoms with Gasteiger partial charge in [-0.05, 0) is 38.1 Å². The number of nitrogens with one attached hydrogen (secondary N) is 1. The van der Waals surface area contributed by atoms with Gasteiger partial charge in [-0.2, -0.15) is 5.10 Å². The lowest BCUT2D eigenvalue weighted by atomic mass is 10.2. The van der Waals surface area contributed by atoms with Gasteiger partial charge in [0.1, 0.15) is 11.3 Å². The van der Waals surface area contributed by atoms with Crippen molar-refractivity contribution in [2.24, 2.45) is 13.0 Å². The molecule has 6 heteroatoms. The summed E-state index contributed by atoms with van der Waals surface area (Å²) in [6, 6.07) is 0. The average Bonchev–Trinajstić information content (AvgIpc) is 2.87. The normalized spacial score (nSPS) is 11.5. The van der Waals surface area contributed by atoms with Crippen molar-refractivity contribution in [1.82, 2.24) is 20.1 Å². The zero-order chi connectivity index (χ0) is 14.7.